The summed E-state index contributed by atoms with van der Waals surface area (Å²) in [5, 5.41) is 5.60. The van der Waals surface area contributed by atoms with E-state index < -0.39 is 0 Å². The molecule has 9 heteroatoms. The predicted octanol–water partition coefficient (Wildman–Crippen LogP) is 5.06. The van der Waals surface area contributed by atoms with E-state index in [0.29, 0.717) is 5.82 Å². The molecule has 0 saturated carbocycles. The van der Waals surface area contributed by atoms with Crippen molar-refractivity contribution < 1.29 is 4.74 Å². The molecule has 214 valence electrons. The summed E-state index contributed by atoms with van der Waals surface area (Å²) in [7, 11) is 4.18. The van der Waals surface area contributed by atoms with Gasteiger partial charge in [0.05, 0.1) is 22.8 Å². The lowest BCUT2D eigenvalue weighted by Crippen LogP contribution is -2.21. The van der Waals surface area contributed by atoms with E-state index in [4.69, 9.17) is 15.5 Å². The van der Waals surface area contributed by atoms with E-state index in [1.54, 1.807) is 0 Å². The van der Waals surface area contributed by atoms with Gasteiger partial charge in [-0.25, -0.2) is 9.97 Å². The van der Waals surface area contributed by atoms with Gasteiger partial charge in [0.15, 0.2) is 0 Å². The minimum atomic E-state index is 0.482. The molecule has 9 nitrogen and oxygen atoms in total. The van der Waals surface area contributed by atoms with Crippen molar-refractivity contribution in [2.24, 2.45) is 0 Å². The highest BCUT2D eigenvalue weighted by Crippen LogP contribution is 2.26. The highest BCUT2D eigenvalue weighted by atomic mass is 16.5. The fourth-order valence-electron chi connectivity index (χ4n) is 4.95. The van der Waals surface area contributed by atoms with E-state index in [2.05, 4.69) is 76.5 Å². The van der Waals surface area contributed by atoms with Crippen molar-refractivity contribution in [2.75, 3.05) is 51.4 Å². The number of nitrogens with two attached hydrogens (primary N) is 1. The topological polar surface area (TPSA) is 107 Å². The van der Waals surface area contributed by atoms with E-state index >= 15 is 0 Å². The van der Waals surface area contributed by atoms with Gasteiger partial charge in [-0.1, -0.05) is 19.1 Å². The summed E-state index contributed by atoms with van der Waals surface area (Å²) in [5.41, 5.74) is 13.5. The van der Waals surface area contributed by atoms with Crippen LogP contribution in [-0.2, 0) is 24.0 Å². The summed E-state index contributed by atoms with van der Waals surface area (Å²) >= 11 is 0. The number of nitrogens with one attached hydrogen (secondary N) is 1. The van der Waals surface area contributed by atoms with Crippen LogP contribution in [-0.4, -0.2) is 69.8 Å². The average Bonchev–Trinajstić information content (AvgIpc) is 3.70. The molecule has 0 atom stereocenters. The van der Waals surface area contributed by atoms with Crippen LogP contribution < -0.4 is 11.1 Å². The van der Waals surface area contributed by atoms with Crippen molar-refractivity contribution in [3.8, 4) is 5.69 Å². The molecule has 0 radical (unpaired) electrons. The summed E-state index contributed by atoms with van der Waals surface area (Å²) < 4.78 is 6.95. The lowest BCUT2D eigenvalue weighted by Gasteiger charge is -2.15. The average molecular weight is 553 g/mol. The molecule has 4 aromatic heterocycles. The molecule has 1 aliphatic heterocycles. The van der Waals surface area contributed by atoms with Crippen LogP contribution in [0.3, 0.4) is 0 Å². The van der Waals surface area contributed by atoms with Gasteiger partial charge < -0.3 is 20.7 Å². The molecule has 5 heterocycles. The van der Waals surface area contributed by atoms with Gasteiger partial charge in [-0.05, 0) is 81.6 Å². The number of aromatic nitrogens is 5. The summed E-state index contributed by atoms with van der Waals surface area (Å²) in [4.78, 5) is 20.1. The van der Waals surface area contributed by atoms with Crippen LogP contribution in [0, 0.1) is 0 Å². The van der Waals surface area contributed by atoms with Crippen LogP contribution in [0.1, 0.15) is 36.6 Å². The Balaban J connectivity index is 0.000000610. The number of anilines is 2. The number of likely N-dealkylation sites (N-methyl/N-ethyl adjacent to an activating group) is 1. The molecule has 0 spiro atoms. The SMILES string of the molecule is C1CCOC1.CCc1cc(NCCN(C)C)c2ccc(CCc3cncc(-n4ccc5c(N)ncnc54)c3)cc2n1. The minimum absolute atomic E-state index is 0.482. The zero-order chi connectivity index (χ0) is 28.6. The van der Waals surface area contributed by atoms with Crippen molar-refractivity contribution in [3.63, 3.8) is 0 Å². The molecule has 0 unspecified atom stereocenters. The molecule has 0 bridgehead atoms. The van der Waals surface area contributed by atoms with Gasteiger partial charge in [0.2, 0.25) is 0 Å². The van der Waals surface area contributed by atoms with Gasteiger partial charge in [0, 0.05) is 55.5 Å². The van der Waals surface area contributed by atoms with Crippen molar-refractivity contribution in [3.05, 3.63) is 78.1 Å². The number of hydrogen-bond acceptors (Lipinski definition) is 8. The van der Waals surface area contributed by atoms with Crippen LogP contribution in [0.4, 0.5) is 11.5 Å². The van der Waals surface area contributed by atoms with Crippen molar-refractivity contribution in [2.45, 2.75) is 39.0 Å². The lowest BCUT2D eigenvalue weighted by atomic mass is 10.0. The van der Waals surface area contributed by atoms with E-state index in [-0.39, 0.29) is 0 Å². The van der Waals surface area contributed by atoms with Gasteiger partial charge in [-0.3, -0.25) is 14.5 Å². The van der Waals surface area contributed by atoms with E-state index in [0.717, 1.165) is 84.7 Å². The van der Waals surface area contributed by atoms with Gasteiger partial charge in [0.1, 0.15) is 17.8 Å². The molecule has 1 saturated heterocycles. The Hall–Kier alpha value is -4.08. The summed E-state index contributed by atoms with van der Waals surface area (Å²) in [6.07, 6.45) is 12.5. The Labute approximate surface area is 241 Å². The van der Waals surface area contributed by atoms with Crippen molar-refractivity contribution in [1.82, 2.24) is 29.4 Å². The molecule has 1 fully saturated rings. The summed E-state index contributed by atoms with van der Waals surface area (Å²) in [5.74, 6) is 0.482. The predicted molar refractivity (Wildman–Crippen MR) is 167 cm³/mol. The summed E-state index contributed by atoms with van der Waals surface area (Å²) in [6, 6.07) is 12.9. The third-order valence-electron chi connectivity index (χ3n) is 7.26. The van der Waals surface area contributed by atoms with Crippen LogP contribution in [0.2, 0.25) is 0 Å². The Morgan fingerprint density at radius 2 is 1.80 bits per heavy atom. The van der Waals surface area contributed by atoms with Gasteiger partial charge in [-0.2, -0.15) is 0 Å². The number of aryl methyl sites for hydroxylation is 3. The molecule has 1 aliphatic rings. The van der Waals surface area contributed by atoms with Crippen LogP contribution in [0.15, 0.2) is 61.3 Å². The third-order valence-corrected chi connectivity index (χ3v) is 7.26. The zero-order valence-electron chi connectivity index (χ0n) is 24.3. The molecule has 6 rings (SSSR count). The van der Waals surface area contributed by atoms with E-state index in [1.165, 1.54) is 30.1 Å². The largest absolute Gasteiger partial charge is 0.383 e. The standard InChI is InChI=1S/C28H32N8.C4H8O/c1-4-21-15-25(31-10-12-35(2)3)23-8-7-19(14-26(23)34-21)5-6-20-13-22(17-30-16-20)36-11-9-24-27(29)32-18-33-28(24)36;1-2-4-5-3-1/h7-9,11,13-18H,4-6,10,12H2,1-3H3,(H,31,34)(H2,29,32,33);1-4H2. The number of nitrogens with zero attached hydrogens (tertiary/aromatic N) is 6. The molecule has 3 N–H and O–H groups in total. The lowest BCUT2D eigenvalue weighted by molar-refractivity contribution is 0.198. The molecular weight excluding hydrogens is 512 g/mol. The van der Waals surface area contributed by atoms with Crippen molar-refractivity contribution in [1.29, 1.82) is 0 Å². The fraction of sp³-hybridized carbons (Fsp3) is 0.375. The number of fused-ring (bicyclic) bond motifs is 2. The maximum Gasteiger partial charge on any atom is 0.150 e. The highest BCUT2D eigenvalue weighted by Gasteiger charge is 2.10. The third kappa shape index (κ3) is 7.17. The second kappa shape index (κ2) is 13.5. The maximum atomic E-state index is 6.00. The molecular formula is C32H40N8O. The summed E-state index contributed by atoms with van der Waals surface area (Å²) in [6.45, 7) is 6.03. The minimum Gasteiger partial charge on any atom is -0.383 e. The number of benzene rings is 1. The first-order chi connectivity index (χ1) is 20.0. The van der Waals surface area contributed by atoms with Crippen molar-refractivity contribution >= 4 is 33.4 Å². The van der Waals surface area contributed by atoms with Gasteiger partial charge in [0.25, 0.3) is 0 Å². The molecule has 5 aromatic rings. The number of nitrogen functional groups attached to an aromatic ring is 1. The molecule has 0 aliphatic carbocycles. The number of hydrogen-bond donors (Lipinski definition) is 2. The fourth-order valence-corrected chi connectivity index (χ4v) is 4.95. The zero-order valence-corrected chi connectivity index (χ0v) is 24.3. The first-order valence-electron chi connectivity index (χ1n) is 14.4. The highest BCUT2D eigenvalue weighted by molar-refractivity contribution is 5.92. The first kappa shape index (κ1) is 28.4. The van der Waals surface area contributed by atoms with E-state index in [1.807, 2.05) is 29.2 Å². The maximum absolute atomic E-state index is 6.00. The van der Waals surface area contributed by atoms with Gasteiger partial charge in [-0.15, -0.1) is 0 Å². The Kier molecular flexibility index (Phi) is 9.38. The quantitative estimate of drug-likeness (QED) is 0.261. The monoisotopic (exact) mass is 552 g/mol. The van der Waals surface area contributed by atoms with Gasteiger partial charge >= 0.3 is 0 Å². The molecule has 41 heavy (non-hydrogen) atoms. The first-order valence-corrected chi connectivity index (χ1v) is 14.4. The van der Waals surface area contributed by atoms with Crippen LogP contribution in [0.25, 0.3) is 27.6 Å². The number of ether oxygens (including phenoxy) is 1. The Bertz CT molecular complexity index is 1580. The van der Waals surface area contributed by atoms with Crippen LogP contribution in [0.5, 0.6) is 0 Å². The van der Waals surface area contributed by atoms with Crippen LogP contribution >= 0.6 is 0 Å². The molecule has 1 aromatic carbocycles. The Morgan fingerprint density at radius 3 is 2.56 bits per heavy atom. The second-order valence-electron chi connectivity index (χ2n) is 10.6. The normalized spacial score (nSPS) is 13.1. The number of pyridine rings is 2. The smallest absolute Gasteiger partial charge is 0.150 e. The Morgan fingerprint density at radius 1 is 0.976 bits per heavy atom. The number of rotatable bonds is 9. The molecule has 0 amide bonds. The van der Waals surface area contributed by atoms with E-state index in [9.17, 15) is 0 Å². The second-order valence-corrected chi connectivity index (χ2v) is 10.6.